The Labute approximate surface area is 120 Å². The van der Waals surface area contributed by atoms with Gasteiger partial charge in [-0.1, -0.05) is 6.08 Å². The lowest BCUT2D eigenvalue weighted by molar-refractivity contribution is 0.0689. The van der Waals surface area contributed by atoms with Crippen LogP contribution < -0.4 is 5.32 Å². The second kappa shape index (κ2) is 8.11. The Kier molecular flexibility index (Phi) is 6.48. The maximum absolute atomic E-state index is 13.1. The van der Waals surface area contributed by atoms with Gasteiger partial charge in [0, 0.05) is 6.54 Å². The maximum Gasteiger partial charge on any atom is 0.336 e. The SMILES string of the molecule is C=CCCOCCNC(=O)c1cc(F)c(F)cc1C(=O)O. The van der Waals surface area contributed by atoms with Gasteiger partial charge >= 0.3 is 5.97 Å². The third-order valence-corrected chi connectivity index (χ3v) is 2.53. The van der Waals surface area contributed by atoms with Crippen LogP contribution in [0.1, 0.15) is 27.1 Å². The normalized spacial score (nSPS) is 10.2. The first-order valence-electron chi connectivity index (χ1n) is 6.16. The van der Waals surface area contributed by atoms with E-state index in [1.807, 2.05) is 0 Å². The molecule has 21 heavy (non-hydrogen) atoms. The van der Waals surface area contributed by atoms with Gasteiger partial charge in [-0.2, -0.15) is 0 Å². The molecule has 0 radical (unpaired) electrons. The molecule has 1 rings (SSSR count). The van der Waals surface area contributed by atoms with Crippen LogP contribution in [0.3, 0.4) is 0 Å². The first-order chi connectivity index (χ1) is 9.97. The quantitative estimate of drug-likeness (QED) is 0.568. The molecule has 2 N–H and O–H groups in total. The van der Waals surface area contributed by atoms with E-state index in [2.05, 4.69) is 11.9 Å². The fourth-order valence-electron chi connectivity index (χ4n) is 1.51. The zero-order valence-electron chi connectivity index (χ0n) is 11.2. The van der Waals surface area contributed by atoms with Crippen molar-refractivity contribution in [3.8, 4) is 0 Å². The molecule has 0 unspecified atom stereocenters. The lowest BCUT2D eigenvalue weighted by Crippen LogP contribution is -2.29. The van der Waals surface area contributed by atoms with Crippen molar-refractivity contribution in [3.05, 3.63) is 47.5 Å². The highest BCUT2D eigenvalue weighted by Gasteiger charge is 2.20. The highest BCUT2D eigenvalue weighted by Crippen LogP contribution is 2.15. The molecule has 0 bridgehead atoms. The summed E-state index contributed by atoms with van der Waals surface area (Å²) in [5.41, 5.74) is -1.04. The molecule has 7 heteroatoms. The number of carbonyl (C=O) groups is 2. The van der Waals surface area contributed by atoms with E-state index in [0.717, 1.165) is 0 Å². The number of amides is 1. The summed E-state index contributed by atoms with van der Waals surface area (Å²) >= 11 is 0. The number of hydrogen-bond donors (Lipinski definition) is 2. The van der Waals surface area contributed by atoms with Crippen molar-refractivity contribution in [2.24, 2.45) is 0 Å². The van der Waals surface area contributed by atoms with Crippen LogP contribution in [-0.2, 0) is 4.74 Å². The van der Waals surface area contributed by atoms with E-state index < -0.39 is 34.6 Å². The summed E-state index contributed by atoms with van der Waals surface area (Å²) in [6, 6.07) is 1.04. The summed E-state index contributed by atoms with van der Waals surface area (Å²) in [4.78, 5) is 22.7. The Morgan fingerprint density at radius 3 is 2.43 bits per heavy atom. The Bertz CT molecular complexity index is 546. The topological polar surface area (TPSA) is 75.6 Å². The second-order valence-electron chi connectivity index (χ2n) is 4.06. The third-order valence-electron chi connectivity index (χ3n) is 2.53. The minimum atomic E-state index is -1.51. The second-order valence-corrected chi connectivity index (χ2v) is 4.06. The zero-order chi connectivity index (χ0) is 15.8. The molecule has 0 saturated heterocycles. The zero-order valence-corrected chi connectivity index (χ0v) is 11.2. The minimum absolute atomic E-state index is 0.119. The molecule has 0 spiro atoms. The van der Waals surface area contributed by atoms with Crippen molar-refractivity contribution in [2.45, 2.75) is 6.42 Å². The van der Waals surface area contributed by atoms with E-state index in [4.69, 9.17) is 9.84 Å². The molecule has 1 amide bonds. The van der Waals surface area contributed by atoms with Gasteiger partial charge in [-0.15, -0.1) is 6.58 Å². The first-order valence-corrected chi connectivity index (χ1v) is 6.16. The summed E-state index contributed by atoms with van der Waals surface area (Å²) in [6.45, 7) is 4.30. The smallest absolute Gasteiger partial charge is 0.336 e. The number of carboxylic acids is 1. The highest BCUT2D eigenvalue weighted by atomic mass is 19.2. The molecule has 0 aliphatic heterocycles. The van der Waals surface area contributed by atoms with Gasteiger partial charge in [-0.25, -0.2) is 13.6 Å². The average molecular weight is 299 g/mol. The van der Waals surface area contributed by atoms with Gasteiger partial charge in [0.2, 0.25) is 0 Å². The van der Waals surface area contributed by atoms with Gasteiger partial charge in [0.05, 0.1) is 24.3 Å². The number of benzene rings is 1. The van der Waals surface area contributed by atoms with Crippen LogP contribution in [0.5, 0.6) is 0 Å². The Hall–Kier alpha value is -2.28. The number of halogens is 2. The van der Waals surface area contributed by atoms with E-state index in [0.29, 0.717) is 25.2 Å². The van der Waals surface area contributed by atoms with Gasteiger partial charge in [-0.05, 0) is 18.6 Å². The number of aromatic carboxylic acids is 1. The lowest BCUT2D eigenvalue weighted by atomic mass is 10.1. The van der Waals surface area contributed by atoms with Crippen LogP contribution in [0, 0.1) is 11.6 Å². The molecule has 0 aliphatic rings. The first kappa shape index (κ1) is 16.8. The van der Waals surface area contributed by atoms with Crippen LogP contribution in [0.4, 0.5) is 8.78 Å². The Morgan fingerprint density at radius 2 is 1.86 bits per heavy atom. The number of nitrogens with one attached hydrogen (secondary N) is 1. The molecule has 0 aliphatic carbocycles. The summed E-state index contributed by atoms with van der Waals surface area (Å²) in [5, 5.41) is 11.3. The van der Waals surface area contributed by atoms with E-state index in [-0.39, 0.29) is 13.2 Å². The van der Waals surface area contributed by atoms with Crippen molar-refractivity contribution in [1.82, 2.24) is 5.32 Å². The van der Waals surface area contributed by atoms with Crippen LogP contribution in [0.25, 0.3) is 0 Å². The largest absolute Gasteiger partial charge is 0.478 e. The number of ether oxygens (including phenoxy) is 1. The van der Waals surface area contributed by atoms with Crippen molar-refractivity contribution in [1.29, 1.82) is 0 Å². The van der Waals surface area contributed by atoms with Crippen molar-refractivity contribution in [2.75, 3.05) is 19.8 Å². The van der Waals surface area contributed by atoms with E-state index >= 15 is 0 Å². The van der Waals surface area contributed by atoms with E-state index in [1.165, 1.54) is 0 Å². The van der Waals surface area contributed by atoms with Crippen molar-refractivity contribution < 1.29 is 28.2 Å². The lowest BCUT2D eigenvalue weighted by Gasteiger charge is -2.09. The molecule has 1 aromatic rings. The van der Waals surface area contributed by atoms with E-state index in [9.17, 15) is 18.4 Å². The van der Waals surface area contributed by atoms with Crippen molar-refractivity contribution >= 4 is 11.9 Å². The van der Waals surface area contributed by atoms with Crippen LogP contribution in [0.15, 0.2) is 24.8 Å². The summed E-state index contributed by atoms with van der Waals surface area (Å²) in [6.07, 6.45) is 2.35. The number of rotatable bonds is 8. The summed E-state index contributed by atoms with van der Waals surface area (Å²) < 4.78 is 31.3. The van der Waals surface area contributed by atoms with Gasteiger partial charge in [-0.3, -0.25) is 4.79 Å². The average Bonchev–Trinajstić information content (AvgIpc) is 2.44. The molecular formula is C14H15F2NO4. The van der Waals surface area contributed by atoms with Crippen LogP contribution >= 0.6 is 0 Å². The number of carboxylic acid groups (broad SMARTS) is 1. The molecule has 1 aromatic carbocycles. The third kappa shape index (κ3) is 4.96. The molecule has 0 fully saturated rings. The maximum atomic E-state index is 13.1. The van der Waals surface area contributed by atoms with Gasteiger partial charge in [0.25, 0.3) is 5.91 Å². The fraction of sp³-hybridized carbons (Fsp3) is 0.286. The Balaban J connectivity index is 2.67. The molecule has 5 nitrogen and oxygen atoms in total. The van der Waals surface area contributed by atoms with Gasteiger partial charge in [0.1, 0.15) is 0 Å². The highest BCUT2D eigenvalue weighted by molar-refractivity contribution is 6.04. The monoisotopic (exact) mass is 299 g/mol. The summed E-state index contributed by atoms with van der Waals surface area (Å²) in [5.74, 6) is -4.93. The van der Waals surface area contributed by atoms with Crippen LogP contribution in [-0.4, -0.2) is 36.7 Å². The minimum Gasteiger partial charge on any atom is -0.478 e. The Morgan fingerprint density at radius 1 is 1.24 bits per heavy atom. The van der Waals surface area contributed by atoms with Crippen LogP contribution in [0.2, 0.25) is 0 Å². The molecule has 0 aromatic heterocycles. The van der Waals surface area contributed by atoms with Gasteiger partial charge in [0.15, 0.2) is 11.6 Å². The molecule has 0 atom stereocenters. The standard InChI is InChI=1S/C14H15F2NO4/c1-2-3-5-21-6-4-17-13(18)9-7-11(15)12(16)8-10(9)14(19)20/h2,7-8H,1,3-6H2,(H,17,18)(H,19,20). The fourth-order valence-corrected chi connectivity index (χ4v) is 1.51. The van der Waals surface area contributed by atoms with E-state index in [1.54, 1.807) is 6.08 Å². The van der Waals surface area contributed by atoms with Crippen molar-refractivity contribution in [3.63, 3.8) is 0 Å². The summed E-state index contributed by atoms with van der Waals surface area (Å²) in [7, 11) is 0. The number of hydrogen-bond acceptors (Lipinski definition) is 3. The molecule has 114 valence electrons. The van der Waals surface area contributed by atoms with Gasteiger partial charge < -0.3 is 15.2 Å². The number of carbonyl (C=O) groups excluding carboxylic acids is 1. The molecular weight excluding hydrogens is 284 g/mol. The predicted molar refractivity (Wildman–Crippen MR) is 71.3 cm³/mol. The predicted octanol–water partition coefficient (Wildman–Crippen LogP) is 1.99. The molecule has 0 saturated carbocycles. The molecule has 0 heterocycles.